The number of rotatable bonds is 11. The summed E-state index contributed by atoms with van der Waals surface area (Å²) in [4.78, 5) is 0. The molecule has 2 heteroatoms. The van der Waals surface area contributed by atoms with Gasteiger partial charge in [-0.1, -0.05) is 68.1 Å². The van der Waals surface area contributed by atoms with Crippen molar-refractivity contribution in [3.05, 3.63) is 29.8 Å². The zero-order valence-corrected chi connectivity index (χ0v) is 15.5. The minimum Gasteiger partial charge on any atom is -0.493 e. The van der Waals surface area contributed by atoms with E-state index in [2.05, 4.69) is 61.0 Å². The van der Waals surface area contributed by atoms with E-state index in [1.807, 2.05) is 0 Å². The van der Waals surface area contributed by atoms with Crippen molar-refractivity contribution in [1.29, 1.82) is 0 Å². The molecule has 0 aromatic heterocycles. The third kappa shape index (κ3) is 6.42. The monoisotopic (exact) mass is 354 g/mol. The van der Waals surface area contributed by atoms with E-state index in [1.165, 1.54) is 50.5 Å². The molecule has 120 valence electrons. The summed E-state index contributed by atoms with van der Waals surface area (Å²) in [6.45, 7) is 7.57. The van der Waals surface area contributed by atoms with Gasteiger partial charge in [-0.2, -0.15) is 0 Å². The van der Waals surface area contributed by atoms with Gasteiger partial charge < -0.3 is 4.74 Å². The molecule has 0 saturated heterocycles. The van der Waals surface area contributed by atoms with E-state index in [0.29, 0.717) is 0 Å². The third-order valence-corrected chi connectivity index (χ3v) is 5.32. The van der Waals surface area contributed by atoms with Crippen molar-refractivity contribution < 1.29 is 4.74 Å². The Morgan fingerprint density at radius 1 is 0.952 bits per heavy atom. The van der Waals surface area contributed by atoms with Gasteiger partial charge in [0.15, 0.2) is 0 Å². The van der Waals surface area contributed by atoms with E-state index in [4.69, 9.17) is 4.74 Å². The van der Waals surface area contributed by atoms with Gasteiger partial charge >= 0.3 is 0 Å². The van der Waals surface area contributed by atoms with Crippen molar-refractivity contribution in [1.82, 2.24) is 0 Å². The zero-order chi connectivity index (χ0) is 15.6. The normalized spacial score (nSPS) is 11.6. The topological polar surface area (TPSA) is 9.23 Å². The number of hydrogen-bond acceptors (Lipinski definition) is 1. The largest absolute Gasteiger partial charge is 0.493 e. The maximum atomic E-state index is 6.10. The van der Waals surface area contributed by atoms with Crippen LogP contribution >= 0.6 is 15.9 Å². The average molecular weight is 355 g/mol. The number of ether oxygens (including phenoxy) is 1. The number of hydrogen-bond donors (Lipinski definition) is 0. The van der Waals surface area contributed by atoms with Gasteiger partial charge in [0.05, 0.1) is 6.61 Å². The molecule has 0 heterocycles. The molecule has 0 fully saturated rings. The van der Waals surface area contributed by atoms with Crippen molar-refractivity contribution in [2.45, 2.75) is 65.7 Å². The Morgan fingerprint density at radius 3 is 2.05 bits per heavy atom. The first-order chi connectivity index (χ1) is 10.2. The highest BCUT2D eigenvalue weighted by atomic mass is 79.9. The molecule has 0 radical (unpaired) electrons. The lowest BCUT2D eigenvalue weighted by Gasteiger charge is -2.31. The predicted octanol–water partition coefficient (Wildman–Crippen LogP) is 6.39. The maximum Gasteiger partial charge on any atom is 0.119 e. The Hall–Kier alpha value is -0.500. The minimum atomic E-state index is 0.282. The molecule has 0 N–H and O–H groups in total. The van der Waals surface area contributed by atoms with Crippen LogP contribution in [0.5, 0.6) is 5.75 Å². The second-order valence-corrected chi connectivity index (χ2v) is 6.73. The van der Waals surface area contributed by atoms with Gasteiger partial charge in [-0.05, 0) is 43.4 Å². The Labute approximate surface area is 139 Å². The molecule has 1 aromatic carbocycles. The molecule has 0 unspecified atom stereocenters. The van der Waals surface area contributed by atoms with Gasteiger partial charge in [0, 0.05) is 10.7 Å². The molecule has 0 bridgehead atoms. The molecule has 1 nitrogen and oxygen atoms in total. The standard InChI is InChI=1S/C19H31BrO/c1-4-7-8-17-9-11-18(12-10-17)21-16-19(15-20,13-5-2)14-6-3/h9-12H,4-8,13-16H2,1-3H3. The number of alkyl halides is 1. The molecule has 0 aliphatic heterocycles. The average Bonchev–Trinajstić information content (AvgIpc) is 2.52. The molecule has 0 aliphatic carbocycles. The molecule has 21 heavy (non-hydrogen) atoms. The van der Waals surface area contributed by atoms with Gasteiger partial charge in [-0.3, -0.25) is 0 Å². The van der Waals surface area contributed by atoms with Crippen LogP contribution in [0.3, 0.4) is 0 Å². The molecule has 0 aliphatic rings. The summed E-state index contributed by atoms with van der Waals surface area (Å²) in [7, 11) is 0. The van der Waals surface area contributed by atoms with E-state index >= 15 is 0 Å². The van der Waals surface area contributed by atoms with Gasteiger partial charge in [0.25, 0.3) is 0 Å². The lowest BCUT2D eigenvalue weighted by Crippen LogP contribution is -2.30. The first kappa shape index (κ1) is 18.5. The number of aryl methyl sites for hydroxylation is 1. The van der Waals surface area contributed by atoms with E-state index in [9.17, 15) is 0 Å². The minimum absolute atomic E-state index is 0.282. The Bertz CT molecular complexity index is 366. The Balaban J connectivity index is 2.58. The lowest BCUT2D eigenvalue weighted by molar-refractivity contribution is 0.144. The molecule has 0 saturated carbocycles. The quantitative estimate of drug-likeness (QED) is 0.418. The van der Waals surface area contributed by atoms with Gasteiger partial charge in [0.1, 0.15) is 5.75 Å². The van der Waals surface area contributed by atoms with E-state index < -0.39 is 0 Å². The number of benzene rings is 1. The molecular formula is C19H31BrO. The summed E-state index contributed by atoms with van der Waals surface area (Å²) >= 11 is 3.71. The highest BCUT2D eigenvalue weighted by Gasteiger charge is 2.28. The van der Waals surface area contributed by atoms with E-state index in [0.717, 1.165) is 17.7 Å². The fourth-order valence-corrected chi connectivity index (χ4v) is 3.59. The first-order valence-corrected chi connectivity index (χ1v) is 9.59. The molecular weight excluding hydrogens is 324 g/mol. The molecule has 0 spiro atoms. The van der Waals surface area contributed by atoms with Crippen LogP contribution in [0.4, 0.5) is 0 Å². The summed E-state index contributed by atoms with van der Waals surface area (Å²) in [5.41, 5.74) is 1.70. The fourth-order valence-electron chi connectivity index (χ4n) is 2.87. The van der Waals surface area contributed by atoms with Gasteiger partial charge in [-0.25, -0.2) is 0 Å². The summed E-state index contributed by atoms with van der Waals surface area (Å²) in [6, 6.07) is 8.67. The number of halogens is 1. The highest BCUT2D eigenvalue weighted by Crippen LogP contribution is 2.33. The Morgan fingerprint density at radius 2 is 1.57 bits per heavy atom. The van der Waals surface area contributed by atoms with E-state index in [-0.39, 0.29) is 5.41 Å². The summed E-state index contributed by atoms with van der Waals surface area (Å²) in [6.07, 6.45) is 8.56. The lowest BCUT2D eigenvalue weighted by atomic mass is 9.82. The van der Waals surface area contributed by atoms with Crippen LogP contribution in [-0.4, -0.2) is 11.9 Å². The van der Waals surface area contributed by atoms with Crippen molar-refractivity contribution >= 4 is 15.9 Å². The van der Waals surface area contributed by atoms with Crippen LogP contribution in [0.15, 0.2) is 24.3 Å². The van der Waals surface area contributed by atoms with Gasteiger partial charge in [-0.15, -0.1) is 0 Å². The second kappa shape index (κ2) is 10.3. The smallest absolute Gasteiger partial charge is 0.119 e. The van der Waals surface area contributed by atoms with Crippen LogP contribution in [0.2, 0.25) is 0 Å². The van der Waals surface area contributed by atoms with E-state index in [1.54, 1.807) is 0 Å². The number of unbranched alkanes of at least 4 members (excludes halogenated alkanes) is 1. The third-order valence-electron chi connectivity index (χ3n) is 4.13. The van der Waals surface area contributed by atoms with Crippen LogP contribution in [0.1, 0.15) is 64.9 Å². The molecule has 0 atom stereocenters. The summed E-state index contributed by atoms with van der Waals surface area (Å²) in [5, 5.41) is 1.02. The molecule has 1 aromatic rings. The van der Waals surface area contributed by atoms with Crippen molar-refractivity contribution in [2.75, 3.05) is 11.9 Å². The predicted molar refractivity (Wildman–Crippen MR) is 96.6 cm³/mol. The van der Waals surface area contributed by atoms with Gasteiger partial charge in [0.2, 0.25) is 0 Å². The van der Waals surface area contributed by atoms with Crippen molar-refractivity contribution in [3.8, 4) is 5.75 Å². The molecule has 0 amide bonds. The van der Waals surface area contributed by atoms with Crippen LogP contribution in [-0.2, 0) is 6.42 Å². The summed E-state index contributed by atoms with van der Waals surface area (Å²) in [5.74, 6) is 1.01. The SMILES string of the molecule is CCCCc1ccc(OCC(CBr)(CCC)CCC)cc1. The zero-order valence-electron chi connectivity index (χ0n) is 14.0. The Kier molecular flexibility index (Phi) is 9.07. The molecule has 1 rings (SSSR count). The first-order valence-electron chi connectivity index (χ1n) is 8.47. The van der Waals surface area contributed by atoms with Crippen molar-refractivity contribution in [3.63, 3.8) is 0 Å². The van der Waals surface area contributed by atoms with Crippen LogP contribution in [0, 0.1) is 5.41 Å². The van der Waals surface area contributed by atoms with Crippen LogP contribution in [0.25, 0.3) is 0 Å². The second-order valence-electron chi connectivity index (χ2n) is 6.17. The van der Waals surface area contributed by atoms with Crippen LogP contribution < -0.4 is 4.74 Å². The maximum absolute atomic E-state index is 6.10. The summed E-state index contributed by atoms with van der Waals surface area (Å²) < 4.78 is 6.10. The van der Waals surface area contributed by atoms with Crippen molar-refractivity contribution in [2.24, 2.45) is 5.41 Å². The highest BCUT2D eigenvalue weighted by molar-refractivity contribution is 9.09. The fraction of sp³-hybridized carbons (Fsp3) is 0.684.